The molecular formula is C65H93N11O20S2. The fourth-order valence-corrected chi connectivity index (χ4v) is 12.6. The first-order valence-corrected chi connectivity index (χ1v) is 35.0. The maximum absolute atomic E-state index is 13.9. The largest absolute Gasteiger partial charge is 0.744 e. The van der Waals surface area contributed by atoms with Gasteiger partial charge in [-0.25, -0.2) is 8.42 Å². The number of unbranched alkanes of at least 4 members (excludes halogenated alkanes) is 4. The van der Waals surface area contributed by atoms with Gasteiger partial charge in [-0.2, -0.15) is 13.0 Å². The number of carboxylic acids is 3. The fourth-order valence-electron chi connectivity index (χ4n) is 11.6. The third-order valence-electron chi connectivity index (χ3n) is 16.7. The first-order valence-electron chi connectivity index (χ1n) is 32.2. The molecule has 0 aromatic heterocycles. The Hall–Kier alpha value is -8.92. The van der Waals surface area contributed by atoms with Crippen molar-refractivity contribution in [2.75, 3.05) is 31.1 Å². The molecule has 31 nitrogen and oxygen atoms in total. The van der Waals surface area contributed by atoms with Gasteiger partial charge in [0.25, 0.3) is 10.1 Å². The number of hydrogen-bond acceptors (Lipinski definition) is 18. The van der Waals surface area contributed by atoms with E-state index in [1.165, 1.54) is 38.1 Å². The van der Waals surface area contributed by atoms with Crippen molar-refractivity contribution in [3.05, 3.63) is 83.6 Å². The quantitative estimate of drug-likeness (QED) is 0.0196. The summed E-state index contributed by atoms with van der Waals surface area (Å²) in [5.74, 6) is -12.9. The van der Waals surface area contributed by atoms with E-state index in [-0.39, 0.29) is 54.5 Å². The SMILES string of the molecule is CCN1/C(=C/C=C/C=C/C2=[N+](CCCCCC(=O)NCCCC[C@H](NC(C)=O)C(=O)N[C@@H](CC(=O)O)C(=O)N[C@@H](CCC(=O)O)C(=O)N[C@H](C(=O)N[C@@H](CC(=O)O)C(=O)N[C@@H](CCCCN)C(N)=O)C(C)C)c3ccc(S(=O)(=O)O)cc3C2(C)C)C(C)(C)c2cc(S(=O)(=O)[O-])ccc21. The van der Waals surface area contributed by atoms with Crippen molar-refractivity contribution >= 4 is 102 Å². The van der Waals surface area contributed by atoms with E-state index < -0.39 is 158 Å². The van der Waals surface area contributed by atoms with E-state index >= 15 is 0 Å². The zero-order chi connectivity index (χ0) is 73.6. The molecule has 8 amide bonds. The van der Waals surface area contributed by atoms with Crippen LogP contribution in [0.2, 0.25) is 0 Å². The second-order valence-corrected chi connectivity index (χ2v) is 28.1. The monoisotopic (exact) mass is 1410 g/mol. The van der Waals surface area contributed by atoms with Gasteiger partial charge >= 0.3 is 17.9 Å². The number of hydrogen-bond donors (Lipinski definition) is 13. The van der Waals surface area contributed by atoms with Gasteiger partial charge in [0.15, 0.2) is 5.71 Å². The summed E-state index contributed by atoms with van der Waals surface area (Å²) in [5, 5.41) is 45.6. The van der Waals surface area contributed by atoms with Gasteiger partial charge in [0.2, 0.25) is 52.9 Å². The lowest BCUT2D eigenvalue weighted by molar-refractivity contribution is -0.438. The number of primary amides is 1. The van der Waals surface area contributed by atoms with Crippen LogP contribution in [0.1, 0.15) is 156 Å². The van der Waals surface area contributed by atoms with Crippen molar-refractivity contribution in [3.63, 3.8) is 0 Å². The van der Waals surface area contributed by atoms with Crippen molar-refractivity contribution in [1.29, 1.82) is 0 Å². The predicted molar refractivity (Wildman–Crippen MR) is 357 cm³/mol. The van der Waals surface area contributed by atoms with Gasteiger partial charge in [0.05, 0.1) is 28.0 Å². The Morgan fingerprint density at radius 2 is 1.17 bits per heavy atom. The summed E-state index contributed by atoms with van der Waals surface area (Å²) in [7, 11) is -9.22. The summed E-state index contributed by atoms with van der Waals surface area (Å²) < 4.78 is 72.2. The minimum atomic E-state index is -4.68. The Labute approximate surface area is 570 Å². The Morgan fingerprint density at radius 3 is 1.73 bits per heavy atom. The van der Waals surface area contributed by atoms with Gasteiger partial charge in [-0.1, -0.05) is 45.9 Å². The molecule has 0 saturated carbocycles. The molecule has 2 heterocycles. The average molecular weight is 1410 g/mol. The van der Waals surface area contributed by atoms with Gasteiger partial charge in [-0.3, -0.25) is 57.3 Å². The number of likely N-dealkylation sites (N-methyl/N-ethyl adjacent to an activating group) is 1. The molecule has 540 valence electrons. The molecule has 6 atom stereocenters. The molecule has 2 aliphatic rings. The van der Waals surface area contributed by atoms with Crippen LogP contribution in [0.15, 0.2) is 82.3 Å². The number of rotatable bonds is 41. The van der Waals surface area contributed by atoms with Crippen molar-refractivity contribution in [2.45, 2.75) is 202 Å². The van der Waals surface area contributed by atoms with Gasteiger partial charge < -0.3 is 73.5 Å². The van der Waals surface area contributed by atoms with Gasteiger partial charge in [0, 0.05) is 73.8 Å². The highest BCUT2D eigenvalue weighted by Gasteiger charge is 2.45. The first kappa shape index (κ1) is 81.5. The molecule has 98 heavy (non-hydrogen) atoms. The number of nitrogens with one attached hydrogen (secondary N) is 7. The molecule has 15 N–H and O–H groups in total. The standard InChI is InChI=1S/C65H93N11O20S2/c1-9-75-49-28-25-40(97(91,92)93)34-42(49)64(5,6)51(75)22-12-10-13-23-52-65(7,8)43-35-41(98(94,95)96)26-29-50(43)76(52)33-19-11-14-24-53(78)68-32-18-16-21-45(69-39(4)77)59(86)72-47(36-55(81)82)62(89)71-46(27-30-54(79)80)60(87)74-57(38(2)3)63(90)73-48(37-56(83)84)61(88)70-44(58(67)85)20-15-17-31-66/h10,12-13,22-23,25-26,28-29,34-35,38,44-48,57H,9,11,14-21,24,27,30-33,36-37,66H2,1-8H3,(H13-,67,68,69,70,71,72,73,74,77,78,79,80,81,82,83,84,85,86,87,88,89,90,91,92,93,94,95,96)/t44-,45-,46-,47-,48-,57-/m0/s1. The average Bonchev–Trinajstić information content (AvgIpc) is 1.60. The van der Waals surface area contributed by atoms with E-state index in [0.29, 0.717) is 62.7 Å². The van der Waals surface area contributed by atoms with Gasteiger partial charge in [0.1, 0.15) is 52.9 Å². The molecule has 0 bridgehead atoms. The zero-order valence-electron chi connectivity index (χ0n) is 56.3. The molecule has 4 rings (SSSR count). The summed E-state index contributed by atoms with van der Waals surface area (Å²) in [5.41, 5.74) is 14.1. The Bertz CT molecular complexity index is 3680. The second-order valence-electron chi connectivity index (χ2n) is 25.3. The van der Waals surface area contributed by atoms with Gasteiger partial charge in [-0.05, 0) is 133 Å². The molecule has 33 heteroatoms. The number of carbonyl (C=O) groups is 11. The number of anilines is 1. The number of carbonyl (C=O) groups excluding carboxylic acids is 8. The van der Waals surface area contributed by atoms with E-state index in [0.717, 1.165) is 29.7 Å². The van der Waals surface area contributed by atoms with Crippen LogP contribution in [-0.2, 0) is 83.8 Å². The number of nitrogens with two attached hydrogens (primary N) is 2. The van der Waals surface area contributed by atoms with Crippen LogP contribution in [0, 0.1) is 5.92 Å². The highest BCUT2D eigenvalue weighted by Crippen LogP contribution is 2.48. The van der Waals surface area contributed by atoms with Crippen molar-refractivity contribution in [2.24, 2.45) is 17.4 Å². The number of benzene rings is 2. The first-order chi connectivity index (χ1) is 45.8. The smallest absolute Gasteiger partial charge is 0.305 e. The van der Waals surface area contributed by atoms with Crippen molar-refractivity contribution in [1.82, 2.24) is 37.2 Å². The lowest BCUT2D eigenvalue weighted by Gasteiger charge is -2.28. The Balaban J connectivity index is 1.38. The summed E-state index contributed by atoms with van der Waals surface area (Å²) in [4.78, 5) is 143. The van der Waals surface area contributed by atoms with E-state index in [1.54, 1.807) is 12.1 Å². The molecule has 2 aromatic carbocycles. The molecule has 2 aromatic rings. The molecule has 0 spiro atoms. The summed E-state index contributed by atoms with van der Waals surface area (Å²) in [6.07, 6.45) is 9.08. The normalized spacial score (nSPS) is 16.3. The number of allylic oxidation sites excluding steroid dienone is 6. The van der Waals surface area contributed by atoms with E-state index in [9.17, 15) is 94.0 Å². The minimum absolute atomic E-state index is 0.0488. The zero-order valence-corrected chi connectivity index (χ0v) is 57.9. The summed E-state index contributed by atoms with van der Waals surface area (Å²) in [6, 6.07) is -0.934. The van der Waals surface area contributed by atoms with E-state index in [4.69, 9.17) is 11.5 Å². The molecule has 0 aliphatic carbocycles. The van der Waals surface area contributed by atoms with Crippen LogP contribution < -0.4 is 53.6 Å². The molecular weight excluding hydrogens is 1320 g/mol. The van der Waals surface area contributed by atoms with Crippen LogP contribution >= 0.6 is 0 Å². The van der Waals surface area contributed by atoms with Crippen LogP contribution in [0.25, 0.3) is 0 Å². The Kier molecular flexibility index (Phi) is 30.4. The number of nitrogens with zero attached hydrogens (tertiary/aromatic N) is 2. The molecule has 0 saturated heterocycles. The predicted octanol–water partition coefficient (Wildman–Crippen LogP) is 1.89. The number of fused-ring (bicyclic) bond motifs is 2. The maximum atomic E-state index is 13.9. The Morgan fingerprint density at radius 1 is 0.622 bits per heavy atom. The van der Waals surface area contributed by atoms with Crippen LogP contribution in [0.5, 0.6) is 0 Å². The third-order valence-corrected chi connectivity index (χ3v) is 18.4. The minimum Gasteiger partial charge on any atom is -0.744 e. The van der Waals surface area contributed by atoms with E-state index in [1.807, 2.05) is 69.9 Å². The van der Waals surface area contributed by atoms with Crippen molar-refractivity contribution < 1.29 is 98.6 Å². The van der Waals surface area contributed by atoms with Gasteiger partial charge in [-0.15, -0.1) is 0 Å². The number of amides is 8. The second kappa shape index (κ2) is 36.6. The fraction of sp³-hybridized carbons (Fsp3) is 0.538. The lowest BCUT2D eigenvalue weighted by atomic mass is 9.81. The molecule has 0 fully saturated rings. The third kappa shape index (κ3) is 23.7. The topological polar surface area (TPSA) is 503 Å². The van der Waals surface area contributed by atoms with Crippen LogP contribution in [0.3, 0.4) is 0 Å². The summed E-state index contributed by atoms with van der Waals surface area (Å²) in [6.45, 7) is 15.2. The summed E-state index contributed by atoms with van der Waals surface area (Å²) >= 11 is 0. The number of carboxylic acid groups (broad SMARTS) is 3. The molecule has 2 aliphatic heterocycles. The van der Waals surface area contributed by atoms with Crippen molar-refractivity contribution in [3.8, 4) is 0 Å². The van der Waals surface area contributed by atoms with E-state index in [2.05, 4.69) is 41.8 Å². The highest BCUT2D eigenvalue weighted by atomic mass is 32.2. The number of aliphatic carboxylic acids is 3. The van der Waals surface area contributed by atoms with Crippen LogP contribution in [-0.4, -0.2) is 179 Å². The maximum Gasteiger partial charge on any atom is 0.305 e. The molecule has 0 unspecified atom stereocenters. The lowest BCUT2D eigenvalue weighted by Crippen LogP contribution is -2.60. The van der Waals surface area contributed by atoms with Crippen LogP contribution in [0.4, 0.5) is 11.4 Å². The highest BCUT2D eigenvalue weighted by molar-refractivity contribution is 7.86. The molecule has 0 radical (unpaired) electrons.